The van der Waals surface area contributed by atoms with Crippen LogP contribution < -0.4 is 5.32 Å². The molecule has 1 aromatic heterocycles. The number of halogens is 5. The van der Waals surface area contributed by atoms with Gasteiger partial charge in [-0.1, -0.05) is 18.2 Å². The van der Waals surface area contributed by atoms with Crippen LogP contribution in [0.3, 0.4) is 0 Å². The highest BCUT2D eigenvalue weighted by Gasteiger charge is 2.55. The van der Waals surface area contributed by atoms with Gasteiger partial charge in [0.1, 0.15) is 11.6 Å². The number of benzene rings is 3. The smallest absolute Gasteiger partial charge is 0.416 e. The van der Waals surface area contributed by atoms with E-state index in [4.69, 9.17) is 0 Å². The van der Waals surface area contributed by atoms with Gasteiger partial charge in [0.05, 0.1) is 28.1 Å². The van der Waals surface area contributed by atoms with E-state index in [0.717, 1.165) is 24.3 Å². The van der Waals surface area contributed by atoms with Crippen molar-refractivity contribution in [2.75, 3.05) is 0 Å². The van der Waals surface area contributed by atoms with Gasteiger partial charge in [0.2, 0.25) is 0 Å². The van der Waals surface area contributed by atoms with Crippen LogP contribution in [0.25, 0.3) is 22.0 Å². The number of fused-ring (bicyclic) bond motifs is 1. The second-order valence-corrected chi connectivity index (χ2v) is 11.2. The summed E-state index contributed by atoms with van der Waals surface area (Å²) in [5, 5.41) is 12.7. The van der Waals surface area contributed by atoms with Gasteiger partial charge in [-0.05, 0) is 84.7 Å². The number of nitrogens with one attached hydrogen (secondary N) is 1. The minimum absolute atomic E-state index is 0.0722. The Hall–Kier alpha value is -4.21. The van der Waals surface area contributed by atoms with Crippen LogP contribution in [-0.2, 0) is 17.5 Å². The molecule has 1 heterocycles. The van der Waals surface area contributed by atoms with Crippen molar-refractivity contribution in [2.24, 2.45) is 11.3 Å². The van der Waals surface area contributed by atoms with Crippen LogP contribution in [0.4, 0.5) is 22.0 Å². The first-order chi connectivity index (χ1) is 19.4. The van der Waals surface area contributed by atoms with Crippen molar-refractivity contribution in [3.63, 3.8) is 0 Å². The van der Waals surface area contributed by atoms with Gasteiger partial charge in [0.15, 0.2) is 0 Å². The topological polar surface area (TPSA) is 71.3 Å². The number of aromatic nitrogens is 1. The van der Waals surface area contributed by atoms with E-state index in [-0.39, 0.29) is 40.6 Å². The predicted molar refractivity (Wildman–Crippen MR) is 141 cm³/mol. The molecule has 2 saturated carbocycles. The summed E-state index contributed by atoms with van der Waals surface area (Å²) in [7, 11) is 0. The molecule has 0 bridgehead atoms. The Bertz CT molecular complexity index is 1640. The average Bonchev–Trinajstić information content (AvgIpc) is 3.26. The summed E-state index contributed by atoms with van der Waals surface area (Å²) < 4.78 is 70.2. The first-order valence-corrected chi connectivity index (χ1v) is 13.2. The number of nitrogens with zero attached hydrogens (tertiary/aromatic N) is 1. The van der Waals surface area contributed by atoms with Crippen molar-refractivity contribution in [1.29, 1.82) is 0 Å². The lowest BCUT2D eigenvalue weighted by atomic mass is 9.50. The highest BCUT2D eigenvalue weighted by molar-refractivity contribution is 6.08. The molecule has 41 heavy (non-hydrogen) atoms. The summed E-state index contributed by atoms with van der Waals surface area (Å²) >= 11 is 0. The van der Waals surface area contributed by atoms with Gasteiger partial charge in [-0.15, -0.1) is 0 Å². The van der Waals surface area contributed by atoms with Crippen LogP contribution in [0.5, 0.6) is 0 Å². The zero-order valence-corrected chi connectivity index (χ0v) is 21.6. The van der Waals surface area contributed by atoms with E-state index in [1.54, 1.807) is 22.9 Å². The van der Waals surface area contributed by atoms with Crippen LogP contribution in [-0.4, -0.2) is 27.6 Å². The lowest BCUT2D eigenvalue weighted by molar-refractivity contribution is -0.155. The van der Waals surface area contributed by atoms with Gasteiger partial charge in [-0.2, -0.15) is 13.2 Å². The van der Waals surface area contributed by atoms with Gasteiger partial charge < -0.3 is 15.0 Å². The van der Waals surface area contributed by atoms with Crippen molar-refractivity contribution in [3.05, 3.63) is 95.2 Å². The van der Waals surface area contributed by atoms with E-state index in [9.17, 15) is 36.6 Å². The fourth-order valence-corrected chi connectivity index (χ4v) is 6.41. The average molecular weight is 569 g/mol. The van der Waals surface area contributed by atoms with Crippen LogP contribution >= 0.6 is 0 Å². The van der Waals surface area contributed by atoms with Crippen molar-refractivity contribution >= 4 is 22.8 Å². The van der Waals surface area contributed by atoms with E-state index >= 15 is 0 Å². The highest BCUT2D eigenvalue weighted by Crippen LogP contribution is 2.58. The van der Waals surface area contributed by atoms with E-state index in [2.05, 4.69) is 5.32 Å². The maximum absolute atomic E-state index is 14.7. The number of carboxylic acid groups (broad SMARTS) is 1. The quantitative estimate of drug-likeness (QED) is 0.246. The van der Waals surface area contributed by atoms with Crippen molar-refractivity contribution in [1.82, 2.24) is 9.88 Å². The summed E-state index contributed by atoms with van der Waals surface area (Å²) in [5.41, 5.74) is 0.299. The number of rotatable bonds is 6. The largest absolute Gasteiger partial charge is 0.481 e. The predicted octanol–water partition coefficient (Wildman–Crippen LogP) is 7.03. The fourth-order valence-electron chi connectivity index (χ4n) is 6.41. The SMILES string of the molecule is O=C(NC1CC2(C1)CC(C(=O)O)C2)c1cc(-c2c(F)cccc2F)cc2ccn(Cc3ccc(C(F)(F)F)cc3)c12. The second kappa shape index (κ2) is 9.71. The number of carbonyl (C=O) groups is 2. The number of hydrogen-bond acceptors (Lipinski definition) is 2. The fraction of sp³-hybridized carbons (Fsp3) is 0.290. The number of amides is 1. The number of aliphatic carboxylic acids is 1. The second-order valence-electron chi connectivity index (χ2n) is 11.2. The maximum Gasteiger partial charge on any atom is 0.416 e. The molecule has 2 N–H and O–H groups in total. The summed E-state index contributed by atoms with van der Waals surface area (Å²) in [4.78, 5) is 24.8. The number of hydrogen-bond donors (Lipinski definition) is 2. The molecule has 2 fully saturated rings. The molecule has 1 spiro atoms. The Labute approximate surface area is 231 Å². The normalized spacial score (nSPS) is 21.9. The third kappa shape index (κ3) is 4.96. The van der Waals surface area contributed by atoms with Crippen molar-refractivity contribution < 1.29 is 36.6 Å². The third-order valence-electron chi connectivity index (χ3n) is 8.39. The Morgan fingerprint density at radius 1 is 0.951 bits per heavy atom. The zero-order chi connectivity index (χ0) is 29.1. The van der Waals surface area contributed by atoms with Crippen molar-refractivity contribution in [3.8, 4) is 11.1 Å². The summed E-state index contributed by atoms with van der Waals surface area (Å²) in [6.07, 6.45) is -0.316. The van der Waals surface area contributed by atoms with Gasteiger partial charge in [0, 0.05) is 24.2 Å². The molecule has 0 unspecified atom stereocenters. The molecular weight excluding hydrogens is 543 g/mol. The van der Waals surface area contributed by atoms with Crippen molar-refractivity contribution in [2.45, 2.75) is 44.4 Å². The summed E-state index contributed by atoms with van der Waals surface area (Å²) in [6, 6.07) is 12.8. The Morgan fingerprint density at radius 2 is 1.61 bits per heavy atom. The van der Waals surface area contributed by atoms with Gasteiger partial charge in [0.25, 0.3) is 5.91 Å². The molecule has 0 radical (unpaired) electrons. The molecule has 212 valence electrons. The van der Waals surface area contributed by atoms with E-state index < -0.39 is 35.3 Å². The Morgan fingerprint density at radius 3 is 2.22 bits per heavy atom. The zero-order valence-electron chi connectivity index (χ0n) is 21.6. The molecule has 4 aromatic rings. The molecule has 6 rings (SSSR count). The third-order valence-corrected chi connectivity index (χ3v) is 8.39. The van der Waals surface area contributed by atoms with E-state index in [0.29, 0.717) is 42.1 Å². The molecule has 1 amide bonds. The lowest BCUT2D eigenvalue weighted by Gasteiger charge is -2.56. The molecule has 3 aromatic carbocycles. The standard InChI is InChI=1S/C31H25F5N2O3/c32-24-2-1-3-25(33)26(24)19-10-18-8-9-38(16-17-4-6-21(7-5-17)31(34,35)36)27(18)23(11-19)28(39)37-22-14-30(15-22)12-20(13-30)29(40)41/h1-11,20,22H,12-16H2,(H,37,39)(H,40,41). The maximum atomic E-state index is 14.7. The molecule has 0 saturated heterocycles. The van der Waals surface area contributed by atoms with E-state index in [1.165, 1.54) is 24.3 Å². The number of carbonyl (C=O) groups excluding carboxylic acids is 1. The molecule has 0 atom stereocenters. The Balaban J connectivity index is 1.33. The first-order valence-electron chi connectivity index (χ1n) is 13.2. The molecule has 10 heteroatoms. The van der Waals surface area contributed by atoms with Crippen LogP contribution in [0.2, 0.25) is 0 Å². The lowest BCUT2D eigenvalue weighted by Crippen LogP contribution is -2.57. The van der Waals surface area contributed by atoms with Gasteiger partial charge in [-0.25, -0.2) is 8.78 Å². The minimum Gasteiger partial charge on any atom is -0.481 e. The van der Waals surface area contributed by atoms with Crippen LogP contribution in [0.1, 0.15) is 47.2 Å². The summed E-state index contributed by atoms with van der Waals surface area (Å²) in [6.45, 7) is 0.165. The molecule has 0 aliphatic heterocycles. The molecule has 5 nitrogen and oxygen atoms in total. The summed E-state index contributed by atoms with van der Waals surface area (Å²) in [5.74, 6) is -3.17. The molecular formula is C31H25F5N2O3. The van der Waals surface area contributed by atoms with Gasteiger partial charge in [-0.3, -0.25) is 9.59 Å². The monoisotopic (exact) mass is 568 g/mol. The van der Waals surface area contributed by atoms with Gasteiger partial charge >= 0.3 is 12.1 Å². The van der Waals surface area contributed by atoms with Crippen LogP contribution in [0.15, 0.2) is 66.9 Å². The number of alkyl halides is 3. The van der Waals surface area contributed by atoms with Crippen LogP contribution in [0, 0.1) is 23.0 Å². The molecule has 2 aliphatic rings. The molecule has 2 aliphatic carbocycles. The minimum atomic E-state index is -4.46. The van der Waals surface area contributed by atoms with E-state index in [1.807, 2.05) is 0 Å². The number of carboxylic acids is 1. The first kappa shape index (κ1) is 27.0. The Kier molecular flexibility index (Phi) is 6.39. The highest BCUT2D eigenvalue weighted by atomic mass is 19.4.